The second-order valence-electron chi connectivity index (χ2n) is 7.10. The van der Waals surface area contributed by atoms with Crippen LogP contribution in [0.4, 0.5) is 0 Å². The van der Waals surface area contributed by atoms with E-state index in [4.69, 9.17) is 46.4 Å². The molecule has 5 rings (SSSR count). The molecule has 1 aromatic rings. The summed E-state index contributed by atoms with van der Waals surface area (Å²) < 4.78 is 3.27. The van der Waals surface area contributed by atoms with Crippen molar-refractivity contribution in [2.75, 3.05) is 0 Å². The predicted octanol–water partition coefficient (Wildman–Crippen LogP) is 7.03. The second-order valence-corrected chi connectivity index (χ2v) is 16.7. The van der Waals surface area contributed by atoms with E-state index in [0.717, 1.165) is 28.8 Å². The number of fused-ring (bicyclic) bond motifs is 2. The summed E-state index contributed by atoms with van der Waals surface area (Å²) in [5.74, 6) is 0. The fourth-order valence-electron chi connectivity index (χ4n) is 3.90. The summed E-state index contributed by atoms with van der Waals surface area (Å²) in [6, 6.07) is 30.4. The van der Waals surface area contributed by atoms with Crippen LogP contribution in [0, 0.1) is 0 Å². The Morgan fingerprint density at radius 2 is 0.677 bits per heavy atom. The molecule has 0 N–H and O–H groups in total. The van der Waals surface area contributed by atoms with E-state index in [-0.39, 0.29) is 0 Å². The quantitative estimate of drug-likeness (QED) is 0.180. The van der Waals surface area contributed by atoms with Gasteiger partial charge in [0.05, 0.1) is 0 Å². The third-order valence-corrected chi connectivity index (χ3v) is 19.2. The predicted molar refractivity (Wildman–Crippen MR) is 137 cm³/mol. The maximum absolute atomic E-state index is 7.02. The van der Waals surface area contributed by atoms with Crippen LogP contribution in [0.3, 0.4) is 0 Å². The zero-order valence-electron chi connectivity index (χ0n) is 16.1. The molecule has 0 saturated carbocycles. The molecule has 0 spiro atoms. The van der Waals surface area contributed by atoms with Gasteiger partial charge in [-0.15, -0.1) is 0 Å². The Balaban J connectivity index is 1.89. The van der Waals surface area contributed by atoms with Gasteiger partial charge in [0.15, 0.2) is 0 Å². The molecule has 0 amide bonds. The molecule has 0 saturated heterocycles. The molecule has 0 fully saturated rings. The molecular weight excluding hydrogens is 663 g/mol. The van der Waals surface area contributed by atoms with Crippen LogP contribution in [0.1, 0.15) is 0 Å². The molecule has 31 heavy (non-hydrogen) atoms. The van der Waals surface area contributed by atoms with Gasteiger partial charge in [-0.3, -0.25) is 0 Å². The molecule has 4 aliphatic carbocycles. The fraction of sp³-hybridized carbons (Fsp3) is 0. The van der Waals surface area contributed by atoms with Crippen LogP contribution in [0.2, 0.25) is 20.1 Å². The molecule has 0 nitrogen and oxygen atoms in total. The number of halogens is 4. The van der Waals surface area contributed by atoms with Crippen molar-refractivity contribution in [2.24, 2.45) is 0 Å². The number of hydrogen-bond acceptors (Lipinski definition) is 0. The molecule has 152 valence electrons. The van der Waals surface area contributed by atoms with Crippen LogP contribution in [0.5, 0.6) is 0 Å². The summed E-state index contributed by atoms with van der Waals surface area (Å²) in [7, 11) is 0. The standard InChI is InChI=1S/2C10H5Cl2.C6H5.Bi/c2*11-9-6-10(12)8-5-3-1-2-4-7(8)9;1-2-4-6-5-3-1;/h2*1-5H;1-5H;. The van der Waals surface area contributed by atoms with Crippen molar-refractivity contribution < 1.29 is 0 Å². The Morgan fingerprint density at radius 1 is 0.387 bits per heavy atom. The molecule has 5 heteroatoms. The van der Waals surface area contributed by atoms with Gasteiger partial charge in [-0.1, -0.05) is 0 Å². The average Bonchev–Trinajstić information content (AvgIpc) is 3.06. The van der Waals surface area contributed by atoms with Crippen LogP contribution >= 0.6 is 46.4 Å². The number of hydrogen-bond donors (Lipinski definition) is 0. The third kappa shape index (κ3) is 3.66. The molecule has 0 unspecified atom stereocenters. The van der Waals surface area contributed by atoms with E-state index in [2.05, 4.69) is 12.1 Å². The first-order valence-corrected chi connectivity index (χ1v) is 16.4. The Bertz CT molecular complexity index is 1170. The molecule has 0 radical (unpaired) electrons. The molecule has 0 aromatic heterocycles. The summed E-state index contributed by atoms with van der Waals surface area (Å²) in [5, 5.41) is 2.84. The Morgan fingerprint density at radius 3 is 1.00 bits per heavy atom. The van der Waals surface area contributed by atoms with Crippen molar-refractivity contribution in [1.82, 2.24) is 0 Å². The van der Waals surface area contributed by atoms with E-state index in [0.29, 0.717) is 20.1 Å². The first kappa shape index (κ1) is 21.5. The molecule has 0 heterocycles. The van der Waals surface area contributed by atoms with Crippen LogP contribution in [-0.4, -0.2) is 21.8 Å². The zero-order valence-corrected chi connectivity index (χ0v) is 22.6. The van der Waals surface area contributed by atoms with E-state index in [9.17, 15) is 0 Å². The van der Waals surface area contributed by atoms with E-state index in [1.807, 2.05) is 78.9 Å². The summed E-state index contributed by atoms with van der Waals surface area (Å²) >= 11 is 25.0. The van der Waals surface area contributed by atoms with E-state index in [1.54, 1.807) is 0 Å². The van der Waals surface area contributed by atoms with E-state index < -0.39 is 21.8 Å². The van der Waals surface area contributed by atoms with Crippen molar-refractivity contribution in [1.29, 1.82) is 0 Å². The minimum atomic E-state index is -3.07. The van der Waals surface area contributed by atoms with Gasteiger partial charge in [0, 0.05) is 0 Å². The van der Waals surface area contributed by atoms with Crippen LogP contribution in [0.15, 0.2) is 91.0 Å². The summed E-state index contributed by atoms with van der Waals surface area (Å²) in [6.07, 6.45) is 0. The van der Waals surface area contributed by atoms with Gasteiger partial charge in [0.2, 0.25) is 0 Å². The monoisotopic (exact) mass is 676 g/mol. The first-order chi connectivity index (χ1) is 15.1. The maximum atomic E-state index is 7.02. The van der Waals surface area contributed by atoms with Crippen molar-refractivity contribution >= 4 is 78.0 Å². The van der Waals surface area contributed by atoms with Crippen LogP contribution in [0.25, 0.3) is 22.3 Å². The van der Waals surface area contributed by atoms with Crippen molar-refractivity contribution in [3.8, 4) is 22.3 Å². The van der Waals surface area contributed by atoms with Crippen LogP contribution in [-0.2, 0) is 0 Å². The van der Waals surface area contributed by atoms with Crippen molar-refractivity contribution in [3.05, 3.63) is 111 Å². The topological polar surface area (TPSA) is 0 Å². The van der Waals surface area contributed by atoms with Gasteiger partial charge in [-0.05, 0) is 0 Å². The molecular formula is C26H15BiCl4. The van der Waals surface area contributed by atoms with Gasteiger partial charge in [0.25, 0.3) is 0 Å². The third-order valence-electron chi connectivity index (χ3n) is 5.32. The summed E-state index contributed by atoms with van der Waals surface area (Å²) in [4.78, 5) is 0. The van der Waals surface area contributed by atoms with Gasteiger partial charge in [-0.25, -0.2) is 0 Å². The first-order valence-electron chi connectivity index (χ1n) is 9.66. The summed E-state index contributed by atoms with van der Waals surface area (Å²) in [5.41, 5.74) is 3.82. The zero-order chi connectivity index (χ0) is 21.5. The SMILES string of the molecule is Clc1c2cccccc-2c(Cl)[c]1[Bi]([c]1ccccc1)[c]1c(Cl)c2cccccc-2c1Cl. The van der Waals surface area contributed by atoms with Gasteiger partial charge in [-0.2, -0.15) is 0 Å². The number of rotatable bonds is 3. The summed E-state index contributed by atoms with van der Waals surface area (Å²) in [6.45, 7) is 0. The molecule has 0 aliphatic heterocycles. The Hall–Kier alpha value is -1.34. The van der Waals surface area contributed by atoms with E-state index >= 15 is 0 Å². The van der Waals surface area contributed by atoms with E-state index in [1.165, 1.54) is 3.27 Å². The Kier molecular flexibility index (Phi) is 6.17. The minimum absolute atomic E-state index is 0.709. The average molecular weight is 678 g/mol. The second kappa shape index (κ2) is 8.89. The molecule has 0 bridgehead atoms. The molecule has 1 aromatic carbocycles. The van der Waals surface area contributed by atoms with Gasteiger partial charge in [0.1, 0.15) is 0 Å². The number of benzene rings is 1. The molecule has 4 aliphatic rings. The fourth-order valence-corrected chi connectivity index (χ4v) is 17.6. The Labute approximate surface area is 209 Å². The van der Waals surface area contributed by atoms with Crippen LogP contribution < -0.4 is 9.81 Å². The molecule has 0 atom stereocenters. The van der Waals surface area contributed by atoms with Crippen molar-refractivity contribution in [2.45, 2.75) is 0 Å². The van der Waals surface area contributed by atoms with Gasteiger partial charge >= 0.3 is 211 Å². The normalized spacial score (nSPS) is 11.5. The van der Waals surface area contributed by atoms with Gasteiger partial charge < -0.3 is 0 Å². The van der Waals surface area contributed by atoms with Crippen molar-refractivity contribution in [3.63, 3.8) is 0 Å².